The predicted molar refractivity (Wildman–Crippen MR) is 36.0 cm³/mol. The van der Waals surface area contributed by atoms with Crippen LogP contribution < -0.4 is 0 Å². The molecule has 0 spiro atoms. The van der Waals surface area contributed by atoms with Crippen LogP contribution in [-0.2, 0) is 0 Å². The van der Waals surface area contributed by atoms with Gasteiger partial charge in [-0.2, -0.15) is 13.2 Å². The molecule has 1 atom stereocenters. The largest absolute Gasteiger partial charge is 0.414 e. The minimum absolute atomic E-state index is 0. The maximum absolute atomic E-state index is 11.0. The van der Waals surface area contributed by atoms with E-state index in [0.29, 0.717) is 0 Å². The molecule has 0 heterocycles. The molecule has 0 fully saturated rings. The third kappa shape index (κ3) is 4.92. The van der Waals surface area contributed by atoms with Gasteiger partial charge in [0.25, 0.3) is 0 Å². The fourth-order valence-corrected chi connectivity index (χ4v) is 0. The first-order valence-electron chi connectivity index (χ1n) is 1.29. The lowest BCUT2D eigenvalue weighted by molar-refractivity contribution is -0.112. The number of halogens is 5. The van der Waals surface area contributed by atoms with Crippen molar-refractivity contribution >= 4 is 38.5 Å². The molecular formula is C2H5BrClF3Si. The first kappa shape index (κ1) is 11.6. The average Bonchev–Trinajstić information content (AvgIpc) is 1.31. The van der Waals surface area contributed by atoms with E-state index in [-0.39, 0.29) is 11.0 Å². The fraction of sp³-hybridized carbons (Fsp3) is 1.00. The molecule has 0 aromatic carbocycles. The van der Waals surface area contributed by atoms with Crippen LogP contribution in [0.3, 0.4) is 0 Å². The van der Waals surface area contributed by atoms with Crippen LogP contribution in [0, 0.1) is 0 Å². The lowest BCUT2D eigenvalue weighted by Crippen LogP contribution is -2.16. The molecule has 0 aliphatic heterocycles. The van der Waals surface area contributed by atoms with Crippen molar-refractivity contribution in [3.05, 3.63) is 0 Å². The van der Waals surface area contributed by atoms with Crippen LogP contribution >= 0.6 is 27.5 Å². The molecule has 52 valence electrons. The van der Waals surface area contributed by atoms with Gasteiger partial charge in [0.2, 0.25) is 0 Å². The number of rotatable bonds is 0. The van der Waals surface area contributed by atoms with Gasteiger partial charge in [-0.25, -0.2) is 0 Å². The molecule has 6 heteroatoms. The Hall–Kier alpha value is 0.777. The smallest absolute Gasteiger partial charge is 0.168 e. The van der Waals surface area contributed by atoms with Crippen molar-refractivity contribution in [2.24, 2.45) is 0 Å². The standard InChI is InChI=1S/C2HBrClF3.H4Si/c3-1(4)2(5,6)7;/h1H;1H4. The van der Waals surface area contributed by atoms with Gasteiger partial charge in [-0.1, -0.05) is 15.9 Å². The maximum Gasteiger partial charge on any atom is 0.414 e. The molecular weight excluding hydrogens is 224 g/mol. The third-order valence-electron chi connectivity index (χ3n) is 0.247. The van der Waals surface area contributed by atoms with E-state index in [1.807, 2.05) is 0 Å². The van der Waals surface area contributed by atoms with Gasteiger partial charge in [-0.3, -0.25) is 0 Å². The molecule has 0 aliphatic rings. The number of hydrogen-bond donors (Lipinski definition) is 0. The summed E-state index contributed by atoms with van der Waals surface area (Å²) in [4.78, 5) is 0. The van der Waals surface area contributed by atoms with Gasteiger partial charge in [-0.05, 0) is 11.0 Å². The van der Waals surface area contributed by atoms with Crippen LogP contribution in [0.1, 0.15) is 0 Å². The molecule has 0 radical (unpaired) electrons. The molecule has 0 aliphatic carbocycles. The second kappa shape index (κ2) is 3.74. The Kier molecular flexibility index (Phi) is 5.40. The van der Waals surface area contributed by atoms with Crippen molar-refractivity contribution in [2.75, 3.05) is 0 Å². The van der Waals surface area contributed by atoms with Crippen LogP contribution in [0.2, 0.25) is 0 Å². The van der Waals surface area contributed by atoms with E-state index in [1.165, 1.54) is 0 Å². The van der Waals surface area contributed by atoms with E-state index in [9.17, 15) is 13.2 Å². The number of alkyl halides is 5. The summed E-state index contributed by atoms with van der Waals surface area (Å²) in [6.07, 6.45) is -4.32. The second-order valence-corrected chi connectivity index (χ2v) is 2.72. The van der Waals surface area contributed by atoms with Gasteiger partial charge in [0, 0.05) is 0 Å². The van der Waals surface area contributed by atoms with Crippen LogP contribution in [-0.4, -0.2) is 21.4 Å². The molecule has 0 rings (SSSR count). The monoisotopic (exact) mass is 228 g/mol. The van der Waals surface area contributed by atoms with Gasteiger partial charge >= 0.3 is 6.18 Å². The first-order valence-corrected chi connectivity index (χ1v) is 2.64. The average molecular weight is 229 g/mol. The lowest BCUT2D eigenvalue weighted by atomic mass is 10.8. The van der Waals surface area contributed by atoms with E-state index in [0.717, 1.165) is 0 Å². The topological polar surface area (TPSA) is 0 Å². The zero-order valence-corrected chi connectivity index (χ0v) is 5.31. The summed E-state index contributed by atoms with van der Waals surface area (Å²) in [7, 11) is 0. The highest BCUT2D eigenvalue weighted by atomic mass is 79.9. The lowest BCUT2D eigenvalue weighted by Gasteiger charge is -2.03. The SMILES string of the molecule is FC(F)(F)C(Cl)Br.[SiH4]. The van der Waals surface area contributed by atoms with E-state index in [2.05, 4.69) is 27.5 Å². The van der Waals surface area contributed by atoms with Crippen LogP contribution in [0.5, 0.6) is 0 Å². The summed E-state index contributed by atoms with van der Waals surface area (Å²) in [6, 6.07) is 0. The van der Waals surface area contributed by atoms with E-state index >= 15 is 0 Å². The van der Waals surface area contributed by atoms with E-state index < -0.39 is 10.5 Å². The minimum atomic E-state index is -4.32. The second-order valence-electron chi connectivity index (χ2n) is 0.842. The number of hydrogen-bond acceptors (Lipinski definition) is 0. The van der Waals surface area contributed by atoms with Gasteiger partial charge in [-0.15, -0.1) is 11.6 Å². The Morgan fingerprint density at radius 1 is 1.38 bits per heavy atom. The van der Waals surface area contributed by atoms with Gasteiger partial charge in [0.05, 0.1) is 0 Å². The normalized spacial score (nSPS) is 14.6. The molecule has 0 bridgehead atoms. The Labute approximate surface area is 62.5 Å². The van der Waals surface area contributed by atoms with Crippen LogP contribution in [0.25, 0.3) is 0 Å². The summed E-state index contributed by atoms with van der Waals surface area (Å²) in [5, 5.41) is 0. The predicted octanol–water partition coefficient (Wildman–Crippen LogP) is 1.06. The molecule has 0 N–H and O–H groups in total. The molecule has 0 aromatic heterocycles. The summed E-state index contributed by atoms with van der Waals surface area (Å²) in [5.74, 6) is 0. The van der Waals surface area contributed by atoms with Crippen LogP contribution in [0.15, 0.2) is 0 Å². The van der Waals surface area contributed by atoms with Crippen molar-refractivity contribution in [1.82, 2.24) is 0 Å². The van der Waals surface area contributed by atoms with Crippen molar-refractivity contribution in [1.29, 1.82) is 0 Å². The van der Waals surface area contributed by atoms with Crippen molar-refractivity contribution in [3.8, 4) is 0 Å². The maximum atomic E-state index is 11.0. The Morgan fingerprint density at radius 2 is 1.50 bits per heavy atom. The molecule has 0 saturated carbocycles. The zero-order valence-electron chi connectivity index (χ0n) is 2.97. The van der Waals surface area contributed by atoms with Gasteiger partial charge < -0.3 is 0 Å². The van der Waals surface area contributed by atoms with Crippen LogP contribution in [0.4, 0.5) is 13.2 Å². The van der Waals surface area contributed by atoms with Gasteiger partial charge in [0.1, 0.15) is 0 Å². The highest BCUT2D eigenvalue weighted by Gasteiger charge is 2.35. The van der Waals surface area contributed by atoms with Crippen molar-refractivity contribution in [2.45, 2.75) is 10.5 Å². The Balaban J connectivity index is 0. The zero-order chi connectivity index (χ0) is 6.08. The summed E-state index contributed by atoms with van der Waals surface area (Å²) in [5.41, 5.74) is 0. The first-order chi connectivity index (χ1) is 2.94. The van der Waals surface area contributed by atoms with Crippen molar-refractivity contribution in [3.63, 3.8) is 0 Å². The highest BCUT2D eigenvalue weighted by Crippen LogP contribution is 2.28. The summed E-state index contributed by atoms with van der Waals surface area (Å²) in [6.45, 7) is 0. The quantitative estimate of drug-likeness (QED) is 0.430. The minimum Gasteiger partial charge on any atom is -0.168 e. The fourth-order valence-electron chi connectivity index (χ4n) is 0. The van der Waals surface area contributed by atoms with Gasteiger partial charge in [0.15, 0.2) is 4.29 Å². The summed E-state index contributed by atoms with van der Waals surface area (Å²) >= 11 is 6.68. The van der Waals surface area contributed by atoms with E-state index in [4.69, 9.17) is 0 Å². The molecule has 8 heavy (non-hydrogen) atoms. The molecule has 0 nitrogen and oxygen atoms in total. The molecule has 0 amide bonds. The summed E-state index contributed by atoms with van der Waals surface area (Å²) < 4.78 is 31.1. The molecule has 0 aromatic rings. The highest BCUT2D eigenvalue weighted by molar-refractivity contribution is 9.10. The Morgan fingerprint density at radius 3 is 1.50 bits per heavy atom. The Bertz CT molecular complexity index is 62.8. The molecule has 0 saturated heterocycles. The van der Waals surface area contributed by atoms with Crippen molar-refractivity contribution < 1.29 is 13.2 Å². The third-order valence-corrected chi connectivity index (χ3v) is 1.01. The van der Waals surface area contributed by atoms with E-state index in [1.54, 1.807) is 0 Å². The molecule has 1 unspecified atom stereocenters.